The third-order valence-electron chi connectivity index (χ3n) is 2.99. The smallest absolute Gasteiger partial charge is 0.0500 e. The highest BCUT2D eigenvalue weighted by Crippen LogP contribution is 2.22. The third-order valence-corrected chi connectivity index (χ3v) is 3.48. The number of ether oxygens (including phenoxy) is 1. The highest BCUT2D eigenvalue weighted by molar-refractivity contribution is 9.10. The van der Waals surface area contributed by atoms with Gasteiger partial charge in [0, 0.05) is 23.6 Å². The van der Waals surface area contributed by atoms with E-state index in [1.807, 2.05) is 12.1 Å². The molecule has 0 spiro atoms. The van der Waals surface area contributed by atoms with E-state index in [1.165, 1.54) is 5.56 Å². The number of hydrogen-bond donors (Lipinski definition) is 1. The first kappa shape index (κ1) is 15.7. The summed E-state index contributed by atoms with van der Waals surface area (Å²) in [5.74, 6) is 0.852. The molecule has 0 aliphatic heterocycles. The second-order valence-corrected chi connectivity index (χ2v) is 5.93. The summed E-state index contributed by atoms with van der Waals surface area (Å²) in [7, 11) is 0. The van der Waals surface area contributed by atoms with Gasteiger partial charge in [-0.1, -0.05) is 41.9 Å². The Hall–Kier alpha value is -0.380. The van der Waals surface area contributed by atoms with Crippen LogP contribution in [0.15, 0.2) is 28.7 Å². The maximum absolute atomic E-state index is 9.44. The van der Waals surface area contributed by atoms with Gasteiger partial charge in [-0.25, -0.2) is 0 Å². The summed E-state index contributed by atoms with van der Waals surface area (Å²) in [4.78, 5) is 0. The predicted molar refractivity (Wildman–Crippen MR) is 78.9 cm³/mol. The van der Waals surface area contributed by atoms with E-state index in [0.717, 1.165) is 23.9 Å². The van der Waals surface area contributed by atoms with Crippen molar-refractivity contribution >= 4 is 15.9 Å². The molecular weight excluding hydrogens is 292 g/mol. The average Bonchev–Trinajstić information content (AvgIpc) is 2.33. The molecule has 0 bridgehead atoms. The summed E-state index contributed by atoms with van der Waals surface area (Å²) in [6, 6.07) is 8.12. The van der Waals surface area contributed by atoms with E-state index >= 15 is 0 Å². The summed E-state index contributed by atoms with van der Waals surface area (Å²) >= 11 is 3.46. The van der Waals surface area contributed by atoms with Crippen LogP contribution in [0.5, 0.6) is 0 Å². The Labute approximate surface area is 118 Å². The van der Waals surface area contributed by atoms with E-state index in [-0.39, 0.29) is 12.5 Å². The highest BCUT2D eigenvalue weighted by Gasteiger charge is 2.10. The van der Waals surface area contributed by atoms with Gasteiger partial charge in [0.2, 0.25) is 0 Å². The molecule has 1 N–H and O–H groups in total. The van der Waals surface area contributed by atoms with Crippen molar-refractivity contribution < 1.29 is 9.84 Å². The van der Waals surface area contributed by atoms with Gasteiger partial charge < -0.3 is 9.84 Å². The fourth-order valence-corrected chi connectivity index (χ4v) is 2.19. The number of aliphatic hydroxyl groups excluding tert-OH is 1. The van der Waals surface area contributed by atoms with Crippen LogP contribution in [-0.4, -0.2) is 24.9 Å². The highest BCUT2D eigenvalue weighted by atomic mass is 79.9. The standard InChI is InChI=1S/C15H23BrO2/c1-12(2)6-8-18-9-7-14(11-17)13-4-3-5-15(16)10-13/h3-5,10,12,14,17H,6-9,11H2,1-2H3. The molecular formula is C15H23BrO2. The maximum atomic E-state index is 9.44. The van der Waals surface area contributed by atoms with Gasteiger partial charge in [0.15, 0.2) is 0 Å². The van der Waals surface area contributed by atoms with Crippen LogP contribution in [0.4, 0.5) is 0 Å². The van der Waals surface area contributed by atoms with Gasteiger partial charge in [-0.3, -0.25) is 0 Å². The van der Waals surface area contributed by atoms with Crippen LogP contribution in [0.1, 0.15) is 38.2 Å². The fourth-order valence-electron chi connectivity index (χ4n) is 1.77. The summed E-state index contributed by atoms with van der Waals surface area (Å²) < 4.78 is 6.66. The zero-order chi connectivity index (χ0) is 13.4. The lowest BCUT2D eigenvalue weighted by atomic mass is 9.97. The first-order chi connectivity index (χ1) is 8.63. The number of halogens is 1. The van der Waals surface area contributed by atoms with Crippen LogP contribution in [0.25, 0.3) is 0 Å². The van der Waals surface area contributed by atoms with E-state index in [9.17, 15) is 5.11 Å². The monoisotopic (exact) mass is 314 g/mol. The molecule has 0 saturated heterocycles. The minimum atomic E-state index is 0.168. The Morgan fingerprint density at radius 2 is 1.94 bits per heavy atom. The average molecular weight is 315 g/mol. The molecule has 1 aromatic carbocycles. The van der Waals surface area contributed by atoms with Gasteiger partial charge in [0.1, 0.15) is 0 Å². The summed E-state index contributed by atoms with van der Waals surface area (Å²) in [5, 5.41) is 9.44. The predicted octanol–water partition coefficient (Wildman–Crippen LogP) is 3.98. The van der Waals surface area contributed by atoms with E-state index in [1.54, 1.807) is 0 Å². The first-order valence-electron chi connectivity index (χ1n) is 6.57. The molecule has 2 nitrogen and oxygen atoms in total. The minimum Gasteiger partial charge on any atom is -0.396 e. The number of benzene rings is 1. The second kappa shape index (κ2) is 8.68. The first-order valence-corrected chi connectivity index (χ1v) is 7.37. The zero-order valence-electron chi connectivity index (χ0n) is 11.2. The van der Waals surface area contributed by atoms with Gasteiger partial charge in [-0.05, 0) is 36.5 Å². The quantitative estimate of drug-likeness (QED) is 0.735. The van der Waals surface area contributed by atoms with E-state index in [4.69, 9.17) is 4.74 Å². The van der Waals surface area contributed by atoms with Gasteiger partial charge in [-0.2, -0.15) is 0 Å². The molecule has 0 heterocycles. The maximum Gasteiger partial charge on any atom is 0.0500 e. The number of hydrogen-bond acceptors (Lipinski definition) is 2. The van der Waals surface area contributed by atoms with Gasteiger partial charge in [-0.15, -0.1) is 0 Å². The van der Waals surface area contributed by atoms with Gasteiger partial charge in [0.25, 0.3) is 0 Å². The molecule has 0 aliphatic rings. The molecule has 0 saturated carbocycles. The minimum absolute atomic E-state index is 0.168. The lowest BCUT2D eigenvalue weighted by molar-refractivity contribution is 0.110. The molecule has 0 fully saturated rings. The SMILES string of the molecule is CC(C)CCOCCC(CO)c1cccc(Br)c1. The molecule has 1 unspecified atom stereocenters. The van der Waals surface area contributed by atoms with Crippen LogP contribution in [0.3, 0.4) is 0 Å². The van der Waals surface area contributed by atoms with Crippen LogP contribution >= 0.6 is 15.9 Å². The Morgan fingerprint density at radius 1 is 1.22 bits per heavy atom. The van der Waals surface area contributed by atoms with Crippen molar-refractivity contribution in [1.82, 2.24) is 0 Å². The molecule has 3 heteroatoms. The molecule has 0 amide bonds. The Kier molecular flexibility index (Phi) is 7.56. The van der Waals surface area contributed by atoms with E-state index in [0.29, 0.717) is 12.5 Å². The molecule has 1 atom stereocenters. The normalized spacial score (nSPS) is 12.9. The zero-order valence-corrected chi connectivity index (χ0v) is 12.8. The largest absolute Gasteiger partial charge is 0.396 e. The molecule has 18 heavy (non-hydrogen) atoms. The van der Waals surface area contributed by atoms with Crippen LogP contribution in [0.2, 0.25) is 0 Å². The Balaban J connectivity index is 2.34. The lowest BCUT2D eigenvalue weighted by Gasteiger charge is -2.15. The van der Waals surface area contributed by atoms with Crippen LogP contribution < -0.4 is 0 Å². The molecule has 102 valence electrons. The third kappa shape index (κ3) is 5.98. The van der Waals surface area contributed by atoms with Crippen molar-refractivity contribution in [3.8, 4) is 0 Å². The Bertz CT molecular complexity index is 339. The molecule has 1 aromatic rings. The van der Waals surface area contributed by atoms with Crippen molar-refractivity contribution in [3.05, 3.63) is 34.3 Å². The van der Waals surface area contributed by atoms with Crippen molar-refractivity contribution in [2.24, 2.45) is 5.92 Å². The van der Waals surface area contributed by atoms with Gasteiger partial charge in [0.05, 0.1) is 6.61 Å². The summed E-state index contributed by atoms with van der Waals surface area (Å²) in [6.45, 7) is 6.09. The lowest BCUT2D eigenvalue weighted by Crippen LogP contribution is -2.09. The second-order valence-electron chi connectivity index (χ2n) is 5.02. The van der Waals surface area contributed by atoms with E-state index < -0.39 is 0 Å². The summed E-state index contributed by atoms with van der Waals surface area (Å²) in [6.07, 6.45) is 1.96. The van der Waals surface area contributed by atoms with Crippen molar-refractivity contribution in [3.63, 3.8) is 0 Å². The van der Waals surface area contributed by atoms with E-state index in [2.05, 4.69) is 41.9 Å². The van der Waals surface area contributed by atoms with Crippen LogP contribution in [-0.2, 0) is 4.74 Å². The van der Waals surface area contributed by atoms with Crippen molar-refractivity contribution in [1.29, 1.82) is 0 Å². The number of aliphatic hydroxyl groups is 1. The van der Waals surface area contributed by atoms with Crippen molar-refractivity contribution in [2.75, 3.05) is 19.8 Å². The molecule has 0 aliphatic carbocycles. The summed E-state index contributed by atoms with van der Waals surface area (Å²) in [5.41, 5.74) is 1.17. The molecule has 0 radical (unpaired) electrons. The number of rotatable bonds is 8. The molecule has 1 rings (SSSR count). The topological polar surface area (TPSA) is 29.5 Å². The fraction of sp³-hybridized carbons (Fsp3) is 0.600. The molecule has 0 aromatic heterocycles. The van der Waals surface area contributed by atoms with Crippen molar-refractivity contribution in [2.45, 2.75) is 32.6 Å². The van der Waals surface area contributed by atoms with Crippen LogP contribution in [0, 0.1) is 5.92 Å². The Morgan fingerprint density at radius 3 is 2.56 bits per heavy atom. The van der Waals surface area contributed by atoms with Gasteiger partial charge >= 0.3 is 0 Å².